The van der Waals surface area contributed by atoms with Gasteiger partial charge in [-0.05, 0) is 18.3 Å². The molecule has 1 amide bonds. The first-order chi connectivity index (χ1) is 5.58. The van der Waals surface area contributed by atoms with Crippen LogP contribution in [-0.2, 0) is 4.79 Å². The van der Waals surface area contributed by atoms with Crippen LogP contribution in [0.5, 0.6) is 0 Å². The summed E-state index contributed by atoms with van der Waals surface area (Å²) in [6.07, 6.45) is 2.21. The second-order valence-electron chi connectivity index (χ2n) is 4.15. The fraction of sp³-hybridized carbons (Fsp3) is 0.900. The highest BCUT2D eigenvalue weighted by Crippen LogP contribution is 2.60. The third-order valence-electron chi connectivity index (χ3n) is 3.17. The molecule has 2 fully saturated rings. The maximum atomic E-state index is 11.3. The van der Waals surface area contributed by atoms with Gasteiger partial charge in [0, 0.05) is 6.54 Å². The van der Waals surface area contributed by atoms with Crippen LogP contribution in [0.25, 0.3) is 0 Å². The van der Waals surface area contributed by atoms with Crippen molar-refractivity contribution in [3.63, 3.8) is 0 Å². The molecule has 0 bridgehead atoms. The minimum atomic E-state index is 0.0486. The van der Waals surface area contributed by atoms with Gasteiger partial charge in [0.25, 0.3) is 0 Å². The van der Waals surface area contributed by atoms with Gasteiger partial charge in [-0.15, -0.1) is 0 Å². The van der Waals surface area contributed by atoms with Crippen molar-refractivity contribution in [1.82, 2.24) is 5.32 Å². The largest absolute Gasteiger partial charge is 0.355 e. The molecule has 0 unspecified atom stereocenters. The maximum Gasteiger partial charge on any atom is 0.226 e. The van der Waals surface area contributed by atoms with Crippen LogP contribution in [0.15, 0.2) is 0 Å². The third kappa shape index (κ3) is 1.05. The zero-order chi connectivity index (χ0) is 9.41. The van der Waals surface area contributed by atoms with Crippen LogP contribution in [-0.4, -0.2) is 12.5 Å². The van der Waals surface area contributed by atoms with Crippen molar-refractivity contribution in [2.75, 3.05) is 6.54 Å². The van der Waals surface area contributed by atoms with Gasteiger partial charge in [0.05, 0.1) is 5.41 Å². The molecule has 70 valence electrons. The Hall–Kier alpha value is -0.530. The normalized spacial score (nSPS) is 27.5. The van der Waals surface area contributed by atoms with Crippen LogP contribution >= 0.6 is 0 Å². The van der Waals surface area contributed by atoms with Gasteiger partial charge in [-0.2, -0.15) is 0 Å². The molecule has 2 aliphatic rings. The van der Waals surface area contributed by atoms with Crippen LogP contribution in [0.1, 0.15) is 40.5 Å². The molecule has 0 aromatic rings. The Labute approximate surface area is 74.7 Å². The molecule has 12 heavy (non-hydrogen) atoms. The Kier molecular flexibility index (Phi) is 2.19. The number of carbonyl (C=O) groups is 1. The minimum absolute atomic E-state index is 0.0486. The molecule has 1 heterocycles. The predicted molar refractivity (Wildman–Crippen MR) is 49.8 cm³/mol. The average Bonchev–Trinajstić information content (AvgIpc) is 2.81. The lowest BCUT2D eigenvalue weighted by Crippen LogP contribution is -2.25. The van der Waals surface area contributed by atoms with E-state index in [0.29, 0.717) is 0 Å². The van der Waals surface area contributed by atoms with Crippen LogP contribution in [0.2, 0.25) is 0 Å². The quantitative estimate of drug-likeness (QED) is 0.590. The highest BCUT2D eigenvalue weighted by Gasteiger charge is 2.63. The van der Waals surface area contributed by atoms with Gasteiger partial charge in [-0.25, -0.2) is 0 Å². The van der Waals surface area contributed by atoms with E-state index in [1.54, 1.807) is 0 Å². The summed E-state index contributed by atoms with van der Waals surface area (Å²) in [5.41, 5.74) is 0.261. The van der Waals surface area contributed by atoms with Gasteiger partial charge in [-0.3, -0.25) is 4.79 Å². The number of amides is 1. The summed E-state index contributed by atoms with van der Waals surface area (Å²) in [7, 11) is 0. The summed E-state index contributed by atoms with van der Waals surface area (Å²) >= 11 is 0. The molecule has 0 atom stereocenters. The fourth-order valence-corrected chi connectivity index (χ4v) is 1.98. The lowest BCUT2D eigenvalue weighted by Gasteiger charge is -2.22. The molecule has 0 radical (unpaired) electrons. The predicted octanol–water partition coefficient (Wildman–Crippen LogP) is 1.95. The molecular formula is C10H19NO. The Morgan fingerprint density at radius 3 is 1.92 bits per heavy atom. The van der Waals surface area contributed by atoms with Crippen molar-refractivity contribution in [3.05, 3.63) is 0 Å². The molecule has 2 heteroatoms. The number of nitrogens with one attached hydrogen (secondary N) is 1. The zero-order valence-electron chi connectivity index (χ0n) is 8.53. The van der Waals surface area contributed by atoms with Crippen molar-refractivity contribution in [2.45, 2.75) is 40.5 Å². The summed E-state index contributed by atoms with van der Waals surface area (Å²) in [6, 6.07) is 0. The first kappa shape index (κ1) is 9.56. The van der Waals surface area contributed by atoms with Crippen LogP contribution in [0.3, 0.4) is 0 Å². The van der Waals surface area contributed by atoms with E-state index in [9.17, 15) is 4.79 Å². The molecule has 2 nitrogen and oxygen atoms in total. The van der Waals surface area contributed by atoms with E-state index in [2.05, 4.69) is 19.2 Å². The second-order valence-corrected chi connectivity index (χ2v) is 4.15. The minimum Gasteiger partial charge on any atom is -0.355 e. The summed E-state index contributed by atoms with van der Waals surface area (Å²) in [4.78, 5) is 11.3. The Balaban J connectivity index is 0.000000336. The summed E-state index contributed by atoms with van der Waals surface area (Å²) in [6.45, 7) is 9.22. The molecule has 0 aromatic heterocycles. The molecule has 0 aromatic carbocycles. The van der Waals surface area contributed by atoms with Crippen molar-refractivity contribution in [2.24, 2.45) is 10.8 Å². The summed E-state index contributed by atoms with van der Waals surface area (Å²) in [5, 5.41) is 2.92. The molecule has 1 saturated heterocycles. The molecular weight excluding hydrogens is 150 g/mol. The van der Waals surface area contributed by atoms with E-state index >= 15 is 0 Å². The van der Waals surface area contributed by atoms with E-state index in [0.717, 1.165) is 19.4 Å². The van der Waals surface area contributed by atoms with Gasteiger partial charge in [0.2, 0.25) is 5.91 Å². The van der Waals surface area contributed by atoms with Crippen molar-refractivity contribution < 1.29 is 4.79 Å². The number of hydrogen-bond acceptors (Lipinski definition) is 1. The van der Waals surface area contributed by atoms with E-state index in [1.165, 1.54) is 0 Å². The van der Waals surface area contributed by atoms with E-state index < -0.39 is 0 Å². The number of rotatable bonds is 0. The van der Waals surface area contributed by atoms with Gasteiger partial charge in [-0.1, -0.05) is 27.7 Å². The van der Waals surface area contributed by atoms with E-state index in [4.69, 9.17) is 0 Å². The van der Waals surface area contributed by atoms with Crippen LogP contribution in [0, 0.1) is 10.8 Å². The standard InChI is InChI=1S/C8H13NO.C2H6/c1-7(2)5-9-6(10)8(7)3-4-8;1-2/h3-5H2,1-2H3,(H,9,10);1-2H3. The highest BCUT2D eigenvalue weighted by molar-refractivity contribution is 5.88. The SMILES string of the molecule is CC.CC1(C)CNC(=O)C12CC2. The first-order valence-corrected chi connectivity index (χ1v) is 4.87. The molecule has 1 saturated carbocycles. The summed E-state index contributed by atoms with van der Waals surface area (Å²) in [5.74, 6) is 0.289. The lowest BCUT2D eigenvalue weighted by molar-refractivity contribution is -0.125. The number of carbonyl (C=O) groups excluding carboxylic acids is 1. The number of hydrogen-bond donors (Lipinski definition) is 1. The molecule has 1 aliphatic carbocycles. The average molecular weight is 169 g/mol. The van der Waals surface area contributed by atoms with Gasteiger partial charge >= 0.3 is 0 Å². The monoisotopic (exact) mass is 169 g/mol. The Morgan fingerprint density at radius 2 is 1.75 bits per heavy atom. The zero-order valence-corrected chi connectivity index (χ0v) is 8.53. The van der Waals surface area contributed by atoms with Crippen molar-refractivity contribution >= 4 is 5.91 Å². The second kappa shape index (κ2) is 2.75. The smallest absolute Gasteiger partial charge is 0.226 e. The maximum absolute atomic E-state index is 11.3. The summed E-state index contributed by atoms with van der Waals surface area (Å²) < 4.78 is 0. The van der Waals surface area contributed by atoms with Crippen LogP contribution < -0.4 is 5.32 Å². The van der Waals surface area contributed by atoms with Crippen molar-refractivity contribution in [3.8, 4) is 0 Å². The van der Waals surface area contributed by atoms with Crippen LogP contribution in [0.4, 0.5) is 0 Å². The van der Waals surface area contributed by atoms with Gasteiger partial charge in [0.1, 0.15) is 0 Å². The Morgan fingerprint density at radius 1 is 1.25 bits per heavy atom. The Bertz CT molecular complexity index is 192. The third-order valence-corrected chi connectivity index (χ3v) is 3.17. The lowest BCUT2D eigenvalue weighted by atomic mass is 9.79. The first-order valence-electron chi connectivity index (χ1n) is 4.87. The topological polar surface area (TPSA) is 29.1 Å². The van der Waals surface area contributed by atoms with Gasteiger partial charge in [0.15, 0.2) is 0 Å². The van der Waals surface area contributed by atoms with Crippen molar-refractivity contribution in [1.29, 1.82) is 0 Å². The highest BCUT2D eigenvalue weighted by atomic mass is 16.2. The molecule has 1 N–H and O–H groups in total. The van der Waals surface area contributed by atoms with E-state index in [1.807, 2.05) is 13.8 Å². The van der Waals surface area contributed by atoms with E-state index in [-0.39, 0.29) is 16.7 Å². The fourth-order valence-electron chi connectivity index (χ4n) is 1.98. The van der Waals surface area contributed by atoms with Gasteiger partial charge < -0.3 is 5.32 Å². The molecule has 2 rings (SSSR count). The molecule has 1 aliphatic heterocycles. The molecule has 1 spiro atoms.